The topological polar surface area (TPSA) is 43.3 Å². The van der Waals surface area contributed by atoms with Gasteiger partial charge in [0.2, 0.25) is 0 Å². The molecule has 3 nitrogen and oxygen atoms in total. The van der Waals surface area contributed by atoms with Crippen molar-refractivity contribution in [3.05, 3.63) is 35.2 Å². The number of hydrogen-bond acceptors (Lipinski definition) is 2. The number of rotatable bonds is 1. The number of nitrogens with two attached hydrogens (primary N) is 1. The maximum Gasteiger partial charge on any atom is 0.138 e. The van der Waals surface area contributed by atoms with E-state index in [0.717, 1.165) is 11.3 Å². The lowest BCUT2D eigenvalue weighted by molar-refractivity contribution is 0.790. The van der Waals surface area contributed by atoms with Crippen LogP contribution in [-0.4, -0.2) is 9.38 Å². The fourth-order valence-corrected chi connectivity index (χ4v) is 1.42. The van der Waals surface area contributed by atoms with Crippen molar-refractivity contribution in [2.45, 2.75) is 13.0 Å². The Morgan fingerprint density at radius 1 is 1.54 bits per heavy atom. The minimum atomic E-state index is -0.0593. The highest BCUT2D eigenvalue weighted by Gasteiger charge is 2.06. The number of imidazole rings is 1. The summed E-state index contributed by atoms with van der Waals surface area (Å²) in [5.74, 6) is 0. The number of hydrogen-bond donors (Lipinski definition) is 1. The molecule has 0 saturated carbocycles. The van der Waals surface area contributed by atoms with Crippen LogP contribution in [0.4, 0.5) is 0 Å². The first-order valence-electron chi connectivity index (χ1n) is 4.07. The number of aromatic nitrogens is 2. The summed E-state index contributed by atoms with van der Waals surface area (Å²) in [7, 11) is 0. The Labute approximate surface area is 81.1 Å². The molecule has 0 aromatic carbocycles. The van der Waals surface area contributed by atoms with Crippen LogP contribution >= 0.6 is 11.6 Å². The van der Waals surface area contributed by atoms with E-state index >= 15 is 0 Å². The summed E-state index contributed by atoms with van der Waals surface area (Å²) in [5.41, 5.74) is 7.40. The Bertz CT molecular complexity index is 433. The quantitative estimate of drug-likeness (QED) is 0.708. The Balaban J connectivity index is 2.68. The van der Waals surface area contributed by atoms with Gasteiger partial charge in [-0.3, -0.25) is 4.40 Å². The molecular weight excluding hydrogens is 186 g/mol. The predicted molar refractivity (Wildman–Crippen MR) is 52.8 cm³/mol. The standard InChI is InChI=1S/C9H10ClN3/c1-6(11)7-5-13-8(10)3-2-4-9(13)12-7/h2-6H,11H2,1H3. The molecule has 13 heavy (non-hydrogen) atoms. The molecular formula is C9H10ClN3. The van der Waals surface area contributed by atoms with Gasteiger partial charge in [-0.1, -0.05) is 17.7 Å². The summed E-state index contributed by atoms with van der Waals surface area (Å²) in [6.07, 6.45) is 1.86. The molecule has 0 aliphatic carbocycles. The molecule has 0 saturated heterocycles. The van der Waals surface area contributed by atoms with E-state index < -0.39 is 0 Å². The molecule has 2 aromatic heterocycles. The average molecular weight is 196 g/mol. The fraction of sp³-hybridized carbons (Fsp3) is 0.222. The van der Waals surface area contributed by atoms with Gasteiger partial charge in [0.1, 0.15) is 10.8 Å². The van der Waals surface area contributed by atoms with Crippen molar-refractivity contribution in [2.75, 3.05) is 0 Å². The van der Waals surface area contributed by atoms with Gasteiger partial charge in [-0.05, 0) is 19.1 Å². The molecule has 2 rings (SSSR count). The largest absolute Gasteiger partial charge is 0.323 e. The van der Waals surface area contributed by atoms with Crippen LogP contribution in [0.3, 0.4) is 0 Å². The van der Waals surface area contributed by atoms with Crippen molar-refractivity contribution in [3.63, 3.8) is 0 Å². The van der Waals surface area contributed by atoms with Crippen LogP contribution in [0.5, 0.6) is 0 Å². The number of pyridine rings is 1. The lowest BCUT2D eigenvalue weighted by Gasteiger charge is -1.96. The molecule has 0 aliphatic heterocycles. The number of halogens is 1. The lowest BCUT2D eigenvalue weighted by Crippen LogP contribution is -2.04. The smallest absolute Gasteiger partial charge is 0.138 e. The summed E-state index contributed by atoms with van der Waals surface area (Å²) in [5, 5.41) is 0.650. The zero-order valence-corrected chi connectivity index (χ0v) is 7.99. The first-order chi connectivity index (χ1) is 6.18. The second-order valence-electron chi connectivity index (χ2n) is 3.03. The molecule has 0 bridgehead atoms. The van der Waals surface area contributed by atoms with E-state index in [-0.39, 0.29) is 6.04 Å². The molecule has 0 radical (unpaired) electrons. The van der Waals surface area contributed by atoms with Gasteiger partial charge in [-0.2, -0.15) is 0 Å². The van der Waals surface area contributed by atoms with Crippen LogP contribution in [0.15, 0.2) is 24.4 Å². The summed E-state index contributed by atoms with van der Waals surface area (Å²) in [6, 6.07) is 5.53. The normalized spacial score (nSPS) is 13.5. The van der Waals surface area contributed by atoms with E-state index in [1.165, 1.54) is 0 Å². The molecule has 4 heteroatoms. The minimum absolute atomic E-state index is 0.0593. The van der Waals surface area contributed by atoms with E-state index in [9.17, 15) is 0 Å². The van der Waals surface area contributed by atoms with Gasteiger partial charge >= 0.3 is 0 Å². The molecule has 0 amide bonds. The molecule has 1 atom stereocenters. The molecule has 2 N–H and O–H groups in total. The van der Waals surface area contributed by atoms with Crippen LogP contribution in [0.1, 0.15) is 18.7 Å². The van der Waals surface area contributed by atoms with Gasteiger partial charge in [0.05, 0.1) is 5.69 Å². The van der Waals surface area contributed by atoms with Crippen molar-refractivity contribution >= 4 is 17.2 Å². The maximum atomic E-state index is 5.96. The van der Waals surface area contributed by atoms with E-state index in [0.29, 0.717) is 5.15 Å². The molecule has 0 spiro atoms. The molecule has 1 unspecified atom stereocenters. The van der Waals surface area contributed by atoms with Gasteiger partial charge in [-0.15, -0.1) is 0 Å². The Kier molecular flexibility index (Phi) is 1.98. The second-order valence-corrected chi connectivity index (χ2v) is 3.42. The van der Waals surface area contributed by atoms with Crippen LogP contribution in [0.2, 0.25) is 5.15 Å². The minimum Gasteiger partial charge on any atom is -0.323 e. The van der Waals surface area contributed by atoms with Gasteiger partial charge < -0.3 is 5.73 Å². The maximum absolute atomic E-state index is 5.96. The molecule has 68 valence electrons. The van der Waals surface area contributed by atoms with Gasteiger partial charge in [0.15, 0.2) is 0 Å². The molecule has 2 heterocycles. The Morgan fingerprint density at radius 2 is 2.31 bits per heavy atom. The molecule has 0 aliphatic rings. The van der Waals surface area contributed by atoms with E-state index in [2.05, 4.69) is 4.98 Å². The van der Waals surface area contributed by atoms with E-state index in [4.69, 9.17) is 17.3 Å². The van der Waals surface area contributed by atoms with Crippen molar-refractivity contribution < 1.29 is 0 Å². The highest BCUT2D eigenvalue weighted by atomic mass is 35.5. The Morgan fingerprint density at radius 3 is 2.92 bits per heavy atom. The van der Waals surface area contributed by atoms with Crippen molar-refractivity contribution in [1.82, 2.24) is 9.38 Å². The Hall–Kier alpha value is -1.06. The molecule has 0 fully saturated rings. The second kappa shape index (κ2) is 3.01. The highest BCUT2D eigenvalue weighted by molar-refractivity contribution is 6.29. The van der Waals surface area contributed by atoms with Crippen LogP contribution in [0, 0.1) is 0 Å². The summed E-state index contributed by atoms with van der Waals surface area (Å²) in [6.45, 7) is 1.90. The average Bonchev–Trinajstić information content (AvgIpc) is 2.49. The van der Waals surface area contributed by atoms with E-state index in [1.54, 1.807) is 0 Å². The first-order valence-corrected chi connectivity index (χ1v) is 4.45. The van der Waals surface area contributed by atoms with Crippen molar-refractivity contribution in [3.8, 4) is 0 Å². The molecule has 2 aromatic rings. The van der Waals surface area contributed by atoms with Crippen molar-refractivity contribution in [2.24, 2.45) is 5.73 Å². The number of fused-ring (bicyclic) bond motifs is 1. The van der Waals surface area contributed by atoms with Crippen LogP contribution < -0.4 is 5.73 Å². The zero-order chi connectivity index (χ0) is 9.42. The SMILES string of the molecule is CC(N)c1cn2c(Cl)cccc2n1. The predicted octanol–water partition coefficient (Wildman–Crippen LogP) is 2.01. The third-order valence-corrected chi connectivity index (χ3v) is 2.24. The van der Waals surface area contributed by atoms with Gasteiger partial charge in [-0.25, -0.2) is 4.98 Å². The van der Waals surface area contributed by atoms with Gasteiger partial charge in [0.25, 0.3) is 0 Å². The summed E-state index contributed by atoms with van der Waals surface area (Å²) < 4.78 is 1.82. The van der Waals surface area contributed by atoms with E-state index in [1.807, 2.05) is 35.7 Å². The zero-order valence-electron chi connectivity index (χ0n) is 7.24. The van der Waals surface area contributed by atoms with Crippen LogP contribution in [-0.2, 0) is 0 Å². The third-order valence-electron chi connectivity index (χ3n) is 1.93. The first kappa shape index (κ1) is 8.53. The van der Waals surface area contributed by atoms with Gasteiger partial charge in [0, 0.05) is 12.2 Å². The summed E-state index contributed by atoms with van der Waals surface area (Å²) >= 11 is 5.96. The third kappa shape index (κ3) is 1.41. The van der Waals surface area contributed by atoms with Crippen LogP contribution in [0.25, 0.3) is 5.65 Å². The van der Waals surface area contributed by atoms with Crippen molar-refractivity contribution in [1.29, 1.82) is 0 Å². The monoisotopic (exact) mass is 195 g/mol. The number of nitrogens with zero attached hydrogens (tertiary/aromatic N) is 2. The highest BCUT2D eigenvalue weighted by Crippen LogP contribution is 2.15. The summed E-state index contributed by atoms with van der Waals surface area (Å²) in [4.78, 5) is 4.33. The fourth-order valence-electron chi connectivity index (χ4n) is 1.22. The lowest BCUT2D eigenvalue weighted by atomic mass is 10.3.